The zero-order valence-corrected chi connectivity index (χ0v) is 14.6. The molecule has 2 heterocycles. The fourth-order valence-electron chi connectivity index (χ4n) is 2.54. The molecular weight excluding hydrogens is 362 g/mol. The van der Waals surface area contributed by atoms with E-state index in [2.05, 4.69) is 10.3 Å². The molecule has 136 valence electrons. The van der Waals surface area contributed by atoms with E-state index in [-0.39, 0.29) is 18.1 Å². The predicted octanol–water partition coefficient (Wildman–Crippen LogP) is 1.37. The smallest absolute Gasteiger partial charge is 0.355 e. The number of carbonyl (C=O) groups excluding carboxylic acids is 3. The van der Waals surface area contributed by atoms with Crippen molar-refractivity contribution in [3.8, 4) is 5.75 Å². The van der Waals surface area contributed by atoms with Gasteiger partial charge in [0, 0.05) is 13.2 Å². The van der Waals surface area contributed by atoms with Crippen LogP contribution >= 0.6 is 11.6 Å². The van der Waals surface area contributed by atoms with E-state index >= 15 is 0 Å². The molecule has 9 heteroatoms. The van der Waals surface area contributed by atoms with E-state index in [1.165, 1.54) is 24.2 Å². The van der Waals surface area contributed by atoms with Crippen molar-refractivity contribution in [3.05, 3.63) is 47.2 Å². The first kappa shape index (κ1) is 17.8. The van der Waals surface area contributed by atoms with E-state index < -0.39 is 24.6 Å². The van der Waals surface area contributed by atoms with Crippen LogP contribution in [0.4, 0.5) is 5.69 Å². The summed E-state index contributed by atoms with van der Waals surface area (Å²) in [7, 11) is 1.49. The maximum atomic E-state index is 12.6. The molecule has 1 aliphatic heterocycles. The van der Waals surface area contributed by atoms with Crippen LogP contribution in [0, 0.1) is 0 Å². The third-order valence-electron chi connectivity index (χ3n) is 3.81. The van der Waals surface area contributed by atoms with Gasteiger partial charge in [-0.05, 0) is 18.2 Å². The third kappa shape index (κ3) is 3.65. The summed E-state index contributed by atoms with van der Waals surface area (Å²) in [5.74, 6) is -1.12. The van der Waals surface area contributed by atoms with E-state index in [1.807, 2.05) is 0 Å². The molecule has 26 heavy (non-hydrogen) atoms. The van der Waals surface area contributed by atoms with Crippen molar-refractivity contribution < 1.29 is 23.9 Å². The van der Waals surface area contributed by atoms with Crippen molar-refractivity contribution in [2.45, 2.75) is 6.10 Å². The molecule has 1 atom stereocenters. The number of hydrogen-bond donors (Lipinski definition) is 2. The average Bonchev–Trinajstić information content (AvgIpc) is 3.10. The van der Waals surface area contributed by atoms with E-state index in [4.69, 9.17) is 21.1 Å². The van der Waals surface area contributed by atoms with Crippen molar-refractivity contribution in [1.29, 1.82) is 0 Å². The number of halogens is 1. The molecule has 1 aromatic carbocycles. The number of esters is 1. The number of benzene rings is 1. The van der Waals surface area contributed by atoms with Crippen molar-refractivity contribution in [1.82, 2.24) is 10.3 Å². The van der Waals surface area contributed by atoms with E-state index in [1.54, 1.807) is 24.3 Å². The zero-order valence-electron chi connectivity index (χ0n) is 13.8. The molecule has 0 unspecified atom stereocenters. The molecule has 1 aromatic heterocycles. The Morgan fingerprint density at radius 2 is 2.15 bits per heavy atom. The fourth-order valence-corrected chi connectivity index (χ4v) is 2.70. The average molecular weight is 378 g/mol. The Hall–Kier alpha value is -3.00. The van der Waals surface area contributed by atoms with Crippen molar-refractivity contribution in [2.24, 2.45) is 0 Å². The summed E-state index contributed by atoms with van der Waals surface area (Å²) in [5, 5.41) is 2.86. The molecule has 0 bridgehead atoms. The number of ether oxygens (including phenoxy) is 2. The summed E-state index contributed by atoms with van der Waals surface area (Å²) in [4.78, 5) is 40.5. The van der Waals surface area contributed by atoms with Gasteiger partial charge in [-0.2, -0.15) is 0 Å². The number of aromatic amines is 1. The van der Waals surface area contributed by atoms with Gasteiger partial charge in [0.1, 0.15) is 11.4 Å². The molecule has 0 spiro atoms. The number of hydrogen-bond acceptors (Lipinski definition) is 5. The van der Waals surface area contributed by atoms with Gasteiger partial charge in [-0.15, -0.1) is 0 Å². The van der Waals surface area contributed by atoms with Gasteiger partial charge in [0.05, 0.1) is 17.3 Å². The minimum Gasteiger partial charge on any atom is -0.477 e. The third-order valence-corrected chi connectivity index (χ3v) is 4.03. The Morgan fingerprint density at radius 3 is 2.85 bits per heavy atom. The molecule has 0 fully saturated rings. The number of aromatic nitrogens is 1. The molecule has 0 saturated carbocycles. The van der Waals surface area contributed by atoms with Crippen molar-refractivity contribution in [2.75, 3.05) is 25.1 Å². The summed E-state index contributed by atoms with van der Waals surface area (Å²) in [6.45, 7) is -0.467. The van der Waals surface area contributed by atoms with E-state index in [0.29, 0.717) is 16.5 Å². The second-order valence-electron chi connectivity index (χ2n) is 5.50. The molecular formula is C17H16ClN3O5. The molecule has 3 rings (SSSR count). The molecule has 8 nitrogen and oxygen atoms in total. The van der Waals surface area contributed by atoms with Gasteiger partial charge < -0.3 is 24.7 Å². The Morgan fingerprint density at radius 1 is 1.38 bits per heavy atom. The Kier molecular flexibility index (Phi) is 5.13. The highest BCUT2D eigenvalue weighted by Gasteiger charge is 2.33. The molecule has 0 aliphatic carbocycles. The van der Waals surface area contributed by atoms with E-state index in [9.17, 15) is 14.4 Å². The fraction of sp³-hybridized carbons (Fsp3) is 0.235. The number of nitrogens with zero attached hydrogens (tertiary/aromatic N) is 1. The van der Waals surface area contributed by atoms with Gasteiger partial charge in [-0.1, -0.05) is 23.7 Å². The second kappa shape index (κ2) is 7.49. The summed E-state index contributed by atoms with van der Waals surface area (Å²) in [6.07, 6.45) is 0.586. The topological polar surface area (TPSA) is 101 Å². The lowest BCUT2D eigenvalue weighted by Gasteiger charge is -2.33. The minimum absolute atomic E-state index is 0.0153. The van der Waals surface area contributed by atoms with Gasteiger partial charge in [0.25, 0.3) is 11.8 Å². The highest BCUT2D eigenvalue weighted by Crippen LogP contribution is 2.33. The quantitative estimate of drug-likeness (QED) is 0.784. The van der Waals surface area contributed by atoms with Gasteiger partial charge >= 0.3 is 5.97 Å². The Balaban J connectivity index is 1.72. The highest BCUT2D eigenvalue weighted by molar-refractivity contribution is 6.30. The van der Waals surface area contributed by atoms with Crippen molar-refractivity contribution in [3.63, 3.8) is 0 Å². The zero-order chi connectivity index (χ0) is 18.7. The number of rotatable bonds is 4. The summed E-state index contributed by atoms with van der Waals surface area (Å²) < 4.78 is 10.7. The van der Waals surface area contributed by atoms with Crippen LogP contribution in [-0.4, -0.2) is 49.1 Å². The minimum atomic E-state index is -0.850. The number of carbonyl (C=O) groups is 3. The van der Waals surface area contributed by atoms with Crippen LogP contribution in [0.1, 0.15) is 10.5 Å². The Labute approximate surface area is 154 Å². The van der Waals surface area contributed by atoms with Gasteiger partial charge in [-0.3, -0.25) is 9.59 Å². The normalized spacial score (nSPS) is 15.6. The predicted molar refractivity (Wildman–Crippen MR) is 93.4 cm³/mol. The summed E-state index contributed by atoms with van der Waals surface area (Å²) in [5.41, 5.74) is 0.657. The standard InChI is InChI=1S/C17H16ClN3O5/c1-19-16(23)14-8-21(12-4-2-3-5-13(12)26-14)15(22)9-25-17(24)11-6-10(18)7-20-11/h2-7,14,20H,8-9H2,1H3,(H,19,23)/t14-/m1/s1. The molecule has 0 radical (unpaired) electrons. The summed E-state index contributed by atoms with van der Waals surface area (Å²) >= 11 is 5.74. The first-order valence-corrected chi connectivity index (χ1v) is 8.16. The lowest BCUT2D eigenvalue weighted by Crippen LogP contribution is -2.51. The number of anilines is 1. The number of H-pyrrole nitrogens is 1. The number of amides is 2. The van der Waals surface area contributed by atoms with Crippen LogP contribution in [0.15, 0.2) is 36.5 Å². The Bertz CT molecular complexity index is 850. The van der Waals surface area contributed by atoms with Crippen LogP contribution in [0.2, 0.25) is 5.02 Å². The number of para-hydroxylation sites is 2. The first-order valence-electron chi connectivity index (χ1n) is 7.78. The van der Waals surface area contributed by atoms with E-state index in [0.717, 1.165) is 0 Å². The monoisotopic (exact) mass is 377 g/mol. The van der Waals surface area contributed by atoms with Crippen molar-refractivity contribution >= 4 is 35.1 Å². The maximum absolute atomic E-state index is 12.6. The lowest BCUT2D eigenvalue weighted by molar-refractivity contribution is -0.128. The maximum Gasteiger partial charge on any atom is 0.355 e. The van der Waals surface area contributed by atoms with Gasteiger partial charge in [0.2, 0.25) is 0 Å². The summed E-state index contributed by atoms with van der Waals surface area (Å²) in [6, 6.07) is 8.25. The van der Waals surface area contributed by atoms with Gasteiger partial charge in [-0.25, -0.2) is 4.79 Å². The molecule has 0 saturated heterocycles. The highest BCUT2D eigenvalue weighted by atomic mass is 35.5. The van der Waals surface area contributed by atoms with Crippen LogP contribution < -0.4 is 15.0 Å². The number of nitrogens with one attached hydrogen (secondary N) is 2. The second-order valence-corrected chi connectivity index (χ2v) is 5.94. The molecule has 2 amide bonds. The van der Waals surface area contributed by atoms with Crippen LogP contribution in [0.5, 0.6) is 5.75 Å². The van der Waals surface area contributed by atoms with Crippen LogP contribution in [0.3, 0.4) is 0 Å². The lowest BCUT2D eigenvalue weighted by atomic mass is 10.1. The van der Waals surface area contributed by atoms with Crippen LogP contribution in [0.25, 0.3) is 0 Å². The number of fused-ring (bicyclic) bond motifs is 1. The molecule has 2 N–H and O–H groups in total. The first-order chi connectivity index (χ1) is 12.5. The van der Waals surface area contributed by atoms with Gasteiger partial charge in [0.15, 0.2) is 12.7 Å². The largest absolute Gasteiger partial charge is 0.477 e. The SMILES string of the molecule is CNC(=O)[C@H]1CN(C(=O)COC(=O)c2cc(Cl)c[nH]2)c2ccccc2O1. The van der Waals surface area contributed by atoms with Crippen LogP contribution in [-0.2, 0) is 14.3 Å². The number of likely N-dealkylation sites (N-methyl/N-ethyl adjacent to an activating group) is 1. The molecule has 2 aromatic rings. The molecule has 1 aliphatic rings.